The fraction of sp³-hybridized carbons (Fsp3) is 1.00. The molecule has 1 atom stereocenters. The zero-order valence-electron chi connectivity index (χ0n) is 27.5. The standard InChI is InChI=1S/C25H54N.C8H18O4S/c1-5-8-11-14-17-20-23-26(4,24-21-18-15-12-9-6-2)25-22-19-16-13-10-7-3;1-3-5-6-8(4-2)7-12-13(9,10)11/h5-25H2,1-4H3;8H,3-7H2,1-2H3,(H,9,10,11)/q+1;/p-1. The lowest BCUT2D eigenvalue weighted by Crippen LogP contribution is -2.46. The molecule has 5 nitrogen and oxygen atoms in total. The number of hydrogen-bond acceptors (Lipinski definition) is 4. The van der Waals surface area contributed by atoms with Gasteiger partial charge in [0.25, 0.3) is 0 Å². The van der Waals surface area contributed by atoms with Gasteiger partial charge in [-0.15, -0.1) is 0 Å². The van der Waals surface area contributed by atoms with Crippen LogP contribution >= 0.6 is 0 Å². The zero-order valence-corrected chi connectivity index (χ0v) is 28.3. The van der Waals surface area contributed by atoms with E-state index in [1.807, 2.05) is 6.92 Å². The Morgan fingerprint density at radius 3 is 1.21 bits per heavy atom. The van der Waals surface area contributed by atoms with Crippen LogP contribution in [0.4, 0.5) is 0 Å². The normalized spacial score (nSPS) is 12.8. The first-order valence-corrected chi connectivity index (χ1v) is 18.4. The number of hydrogen-bond donors (Lipinski definition) is 0. The highest BCUT2D eigenvalue weighted by Gasteiger charge is 2.20. The van der Waals surface area contributed by atoms with Gasteiger partial charge in [-0.2, -0.15) is 0 Å². The van der Waals surface area contributed by atoms with Crippen LogP contribution in [0.25, 0.3) is 0 Å². The zero-order chi connectivity index (χ0) is 29.7. The first kappa shape index (κ1) is 41.0. The summed E-state index contributed by atoms with van der Waals surface area (Å²) >= 11 is 0. The Hall–Kier alpha value is -0.170. The average molecular weight is 578 g/mol. The topological polar surface area (TPSA) is 66.4 Å². The molecule has 0 spiro atoms. The molecule has 0 saturated heterocycles. The van der Waals surface area contributed by atoms with Crippen molar-refractivity contribution in [2.45, 2.75) is 176 Å². The summed E-state index contributed by atoms with van der Waals surface area (Å²) in [6.45, 7) is 15.3. The molecule has 39 heavy (non-hydrogen) atoms. The summed E-state index contributed by atoms with van der Waals surface area (Å²) < 4.78 is 36.0. The highest BCUT2D eigenvalue weighted by atomic mass is 32.3. The van der Waals surface area contributed by atoms with Crippen molar-refractivity contribution in [1.82, 2.24) is 0 Å². The third-order valence-corrected chi connectivity index (χ3v) is 8.57. The fourth-order valence-electron chi connectivity index (χ4n) is 5.23. The van der Waals surface area contributed by atoms with Crippen LogP contribution in [0, 0.1) is 5.92 Å². The molecule has 0 aromatic heterocycles. The largest absolute Gasteiger partial charge is 0.726 e. The van der Waals surface area contributed by atoms with E-state index in [-0.39, 0.29) is 12.5 Å². The Balaban J connectivity index is 0. The van der Waals surface area contributed by atoms with Gasteiger partial charge in [-0.05, 0) is 50.9 Å². The minimum atomic E-state index is -4.50. The first-order chi connectivity index (χ1) is 18.7. The van der Waals surface area contributed by atoms with Crippen molar-refractivity contribution in [2.24, 2.45) is 5.92 Å². The summed E-state index contributed by atoms with van der Waals surface area (Å²) in [5, 5.41) is 0. The summed E-state index contributed by atoms with van der Waals surface area (Å²) in [7, 11) is -1.94. The lowest BCUT2D eigenvalue weighted by Gasteiger charge is -2.35. The highest BCUT2D eigenvalue weighted by Crippen LogP contribution is 2.16. The molecule has 0 aromatic carbocycles. The maximum absolute atomic E-state index is 10.1. The van der Waals surface area contributed by atoms with Crippen LogP contribution < -0.4 is 0 Å². The quantitative estimate of drug-likeness (QED) is 0.0401. The van der Waals surface area contributed by atoms with Crippen molar-refractivity contribution >= 4 is 10.4 Å². The van der Waals surface area contributed by atoms with Crippen molar-refractivity contribution in [2.75, 3.05) is 33.3 Å². The molecule has 0 amide bonds. The Morgan fingerprint density at radius 1 is 0.564 bits per heavy atom. The van der Waals surface area contributed by atoms with E-state index in [1.54, 1.807) is 0 Å². The molecule has 6 heteroatoms. The molecule has 0 aliphatic heterocycles. The van der Waals surface area contributed by atoms with E-state index in [1.165, 1.54) is 140 Å². The van der Waals surface area contributed by atoms with Gasteiger partial charge in [0, 0.05) is 0 Å². The predicted octanol–water partition coefficient (Wildman–Crippen LogP) is 10.2. The lowest BCUT2D eigenvalue weighted by molar-refractivity contribution is -0.910. The molecule has 0 rings (SSSR count). The maximum atomic E-state index is 10.1. The number of unbranched alkanes of at least 4 members (excludes halogenated alkanes) is 16. The van der Waals surface area contributed by atoms with Gasteiger partial charge in [0.15, 0.2) is 0 Å². The Labute approximate surface area is 246 Å². The van der Waals surface area contributed by atoms with Gasteiger partial charge in [-0.3, -0.25) is 4.18 Å². The molecule has 0 bridgehead atoms. The number of nitrogens with zero attached hydrogens (tertiary/aromatic N) is 1. The molecule has 238 valence electrons. The van der Waals surface area contributed by atoms with Gasteiger partial charge < -0.3 is 9.04 Å². The molecule has 0 aromatic rings. The molecule has 0 heterocycles. The second kappa shape index (κ2) is 29.3. The molecule has 0 N–H and O–H groups in total. The average Bonchev–Trinajstić information content (AvgIpc) is 2.90. The Morgan fingerprint density at radius 2 is 0.897 bits per heavy atom. The minimum Gasteiger partial charge on any atom is -0.726 e. The van der Waals surface area contributed by atoms with E-state index in [0.717, 1.165) is 25.7 Å². The summed E-state index contributed by atoms with van der Waals surface area (Å²) in [6.07, 6.45) is 29.7. The van der Waals surface area contributed by atoms with E-state index in [0.29, 0.717) is 0 Å². The second-order valence-electron chi connectivity index (χ2n) is 12.2. The third kappa shape index (κ3) is 32.2. The SMILES string of the molecule is CCCCC(CC)COS(=O)(=O)[O-].CCCCCCCC[N+](C)(CCCCCCCC)CCCCCCCC. The van der Waals surface area contributed by atoms with Crippen LogP contribution in [-0.4, -0.2) is 50.7 Å². The summed E-state index contributed by atoms with van der Waals surface area (Å²) in [5.74, 6) is 0.184. The molecule has 0 aliphatic carbocycles. The van der Waals surface area contributed by atoms with Gasteiger partial charge in [-0.1, -0.05) is 131 Å². The van der Waals surface area contributed by atoms with Crippen molar-refractivity contribution < 1.29 is 21.6 Å². The number of quaternary nitrogens is 1. The number of rotatable bonds is 28. The van der Waals surface area contributed by atoms with Gasteiger partial charge >= 0.3 is 0 Å². The second-order valence-corrected chi connectivity index (χ2v) is 13.3. The van der Waals surface area contributed by atoms with Gasteiger partial charge in [0.05, 0.1) is 33.3 Å². The minimum absolute atomic E-state index is 0.0301. The van der Waals surface area contributed by atoms with Crippen LogP contribution in [0.2, 0.25) is 0 Å². The molecule has 1 unspecified atom stereocenters. The van der Waals surface area contributed by atoms with Crippen molar-refractivity contribution in [3.8, 4) is 0 Å². The summed E-state index contributed by atoms with van der Waals surface area (Å²) in [6, 6.07) is 0. The maximum Gasteiger partial charge on any atom is 0.217 e. The van der Waals surface area contributed by atoms with Crippen molar-refractivity contribution in [1.29, 1.82) is 0 Å². The van der Waals surface area contributed by atoms with Gasteiger partial charge in [0.2, 0.25) is 10.4 Å². The lowest BCUT2D eigenvalue weighted by atomic mass is 10.0. The van der Waals surface area contributed by atoms with Crippen molar-refractivity contribution in [3.63, 3.8) is 0 Å². The van der Waals surface area contributed by atoms with Crippen LogP contribution in [-0.2, 0) is 14.6 Å². The van der Waals surface area contributed by atoms with E-state index in [2.05, 4.69) is 38.9 Å². The van der Waals surface area contributed by atoms with E-state index in [9.17, 15) is 13.0 Å². The fourth-order valence-corrected chi connectivity index (χ4v) is 5.59. The first-order valence-electron chi connectivity index (χ1n) is 17.1. The van der Waals surface area contributed by atoms with Gasteiger partial charge in [-0.25, -0.2) is 8.42 Å². The molecule has 0 radical (unpaired) electrons. The van der Waals surface area contributed by atoms with Crippen LogP contribution in [0.3, 0.4) is 0 Å². The van der Waals surface area contributed by atoms with Crippen LogP contribution in [0.1, 0.15) is 176 Å². The predicted molar refractivity (Wildman–Crippen MR) is 170 cm³/mol. The summed E-state index contributed by atoms with van der Waals surface area (Å²) in [4.78, 5) is 0. The molecule has 0 saturated carbocycles. The van der Waals surface area contributed by atoms with E-state index >= 15 is 0 Å². The Bertz CT molecular complexity index is 541. The molecule has 0 fully saturated rings. The van der Waals surface area contributed by atoms with E-state index < -0.39 is 10.4 Å². The molecular formula is C33H71NO4S. The van der Waals surface area contributed by atoms with Crippen LogP contribution in [0.15, 0.2) is 0 Å². The Kier molecular flexibility index (Phi) is 30.8. The third-order valence-electron chi connectivity index (χ3n) is 8.15. The smallest absolute Gasteiger partial charge is 0.217 e. The molecular weight excluding hydrogens is 506 g/mol. The molecule has 0 aliphatic rings. The van der Waals surface area contributed by atoms with Crippen molar-refractivity contribution in [3.05, 3.63) is 0 Å². The monoisotopic (exact) mass is 578 g/mol. The van der Waals surface area contributed by atoms with Gasteiger partial charge in [0.1, 0.15) is 0 Å². The van der Waals surface area contributed by atoms with Crippen LogP contribution in [0.5, 0.6) is 0 Å². The van der Waals surface area contributed by atoms with E-state index in [4.69, 9.17) is 0 Å². The highest BCUT2D eigenvalue weighted by molar-refractivity contribution is 7.80. The summed E-state index contributed by atoms with van der Waals surface area (Å²) in [5.41, 5.74) is 0.